The molecule has 0 saturated carbocycles. The van der Waals surface area contributed by atoms with Gasteiger partial charge in [0.25, 0.3) is 5.95 Å². The molecule has 1 aliphatic heterocycles. The van der Waals surface area contributed by atoms with Crippen LogP contribution in [-0.4, -0.2) is 51.7 Å². The van der Waals surface area contributed by atoms with Gasteiger partial charge in [0.2, 0.25) is 6.23 Å². The molecule has 1 fully saturated rings. The smallest absolute Gasteiger partial charge is 0.856 e. The Morgan fingerprint density at radius 2 is 1.61 bits per heavy atom. The predicted molar refractivity (Wildman–Crippen MR) is 142 cm³/mol. The second-order valence-electron chi connectivity index (χ2n) is 9.85. The van der Waals surface area contributed by atoms with Gasteiger partial charge in [0.15, 0.2) is 11.8 Å². The number of imidazole rings is 1. The van der Waals surface area contributed by atoms with Crippen LogP contribution >= 0.6 is 8.25 Å². The van der Waals surface area contributed by atoms with E-state index in [1.807, 2.05) is 82.3 Å². The number of nitrogens with two attached hydrogens (primary N) is 1. The molecular weight excluding hydrogens is 560 g/mol. The minimum atomic E-state index is -3.10. The molecule has 41 heavy (non-hydrogen) atoms. The SMILES string of the molecule is CC(C)O[C@@H]1[C@H](OC(C)C)[C@@H](CO[P+](=O)[O-])O[C@H]1[n+]1cn(Cc2ccccccccc2)c2c([O-])nc(N)nc21.[Na+]. The molecule has 12 nitrogen and oxygen atoms in total. The average molecular weight is 595 g/mol. The van der Waals surface area contributed by atoms with E-state index in [9.17, 15) is 14.6 Å². The fourth-order valence-electron chi connectivity index (χ4n) is 4.61. The van der Waals surface area contributed by atoms with E-state index in [0.717, 1.165) is 5.56 Å². The van der Waals surface area contributed by atoms with Crippen LogP contribution in [0.4, 0.5) is 5.95 Å². The topological polar surface area (TPSA) is 161 Å². The summed E-state index contributed by atoms with van der Waals surface area (Å²) in [6, 6.07) is 17.3. The number of nitrogen functional groups attached to an aromatic ring is 1. The van der Waals surface area contributed by atoms with E-state index in [2.05, 4.69) is 9.97 Å². The van der Waals surface area contributed by atoms with E-state index < -0.39 is 38.7 Å². The minimum Gasteiger partial charge on any atom is -0.856 e. The summed E-state index contributed by atoms with van der Waals surface area (Å²) in [5, 5.41) is 13.1. The summed E-state index contributed by atoms with van der Waals surface area (Å²) in [7, 11) is -3.10. The number of aromatic nitrogens is 4. The third-order valence-corrected chi connectivity index (χ3v) is 6.41. The molecule has 1 saturated heterocycles. The normalized spacial score (nSPS) is 20.7. The van der Waals surface area contributed by atoms with E-state index in [1.165, 1.54) is 0 Å². The summed E-state index contributed by atoms with van der Waals surface area (Å²) in [5.74, 6) is -0.721. The molecule has 4 rings (SSSR count). The number of anilines is 1. The van der Waals surface area contributed by atoms with E-state index in [1.54, 1.807) is 15.5 Å². The molecule has 1 unspecified atom stereocenters. The standard InChI is InChI=1S/C27H34N5O7P.Na/c1-17(2)37-22-20(15-36-40(34)35)39-26(23(22)38-18(3)4)32-16-31(21-24(32)29-27(28)30-25(21)33)14-19-12-10-8-6-5-7-9-11-13-19;/h5-13,16-18,20,22-23,26H,14-15H2,1-4H3,(H2-,28,29,30,33);/q;+1/t20-,22-,23-,26-;/m1./s1. The van der Waals surface area contributed by atoms with Crippen molar-refractivity contribution in [3.05, 3.63) is 66.5 Å². The predicted octanol–water partition coefficient (Wildman–Crippen LogP) is -0.930. The Hall–Kier alpha value is -2.25. The zero-order chi connectivity index (χ0) is 28.8. The first kappa shape index (κ1) is 33.3. The molecule has 3 heterocycles. The Morgan fingerprint density at radius 3 is 2.20 bits per heavy atom. The third-order valence-electron chi connectivity index (χ3n) is 6.05. The van der Waals surface area contributed by atoms with Crippen molar-refractivity contribution in [1.82, 2.24) is 14.5 Å². The first-order chi connectivity index (χ1) is 19.1. The van der Waals surface area contributed by atoms with E-state index >= 15 is 0 Å². The maximum atomic E-state index is 13.1. The summed E-state index contributed by atoms with van der Waals surface area (Å²) in [6.07, 6.45) is -1.72. The molecule has 0 amide bonds. The Bertz CT molecular complexity index is 1370. The monoisotopic (exact) mass is 594 g/mol. The van der Waals surface area contributed by atoms with Gasteiger partial charge in [0.1, 0.15) is 24.9 Å². The van der Waals surface area contributed by atoms with Crippen molar-refractivity contribution in [2.75, 3.05) is 12.3 Å². The Balaban J connectivity index is 0.00000462. The molecule has 5 atom stereocenters. The fourth-order valence-corrected chi connectivity index (χ4v) is 4.88. The summed E-state index contributed by atoms with van der Waals surface area (Å²) in [5.41, 5.74) is 7.29. The number of ether oxygens (including phenoxy) is 3. The maximum Gasteiger partial charge on any atom is 1.00 e. The van der Waals surface area contributed by atoms with Crippen LogP contribution in [0.25, 0.3) is 11.2 Å². The van der Waals surface area contributed by atoms with Gasteiger partial charge in [0.05, 0.1) is 18.8 Å². The second kappa shape index (κ2) is 15.3. The van der Waals surface area contributed by atoms with Crippen molar-refractivity contribution in [2.45, 2.75) is 71.0 Å². The first-order valence-corrected chi connectivity index (χ1v) is 14.1. The zero-order valence-electron chi connectivity index (χ0n) is 23.8. The molecule has 214 valence electrons. The van der Waals surface area contributed by atoms with Gasteiger partial charge in [-0.05, 0) is 37.8 Å². The van der Waals surface area contributed by atoms with Gasteiger partial charge < -0.3 is 29.9 Å². The number of hydrogen-bond acceptors (Lipinski definition) is 10. The van der Waals surface area contributed by atoms with Gasteiger partial charge in [-0.3, -0.25) is 4.57 Å². The number of nitrogens with zero attached hydrogens (tertiary/aromatic N) is 4. The third kappa shape index (κ3) is 8.63. The van der Waals surface area contributed by atoms with Crippen LogP contribution in [0.5, 0.6) is 5.88 Å². The second-order valence-corrected chi connectivity index (χ2v) is 10.6. The number of fused-ring (bicyclic) bond motifs is 1. The molecule has 0 radical (unpaired) electrons. The summed E-state index contributed by atoms with van der Waals surface area (Å²) >= 11 is 0. The van der Waals surface area contributed by atoms with Crippen molar-refractivity contribution in [3.8, 4) is 5.88 Å². The molecular formula is C27H34N5NaO7P+. The van der Waals surface area contributed by atoms with Gasteiger partial charge >= 0.3 is 43.5 Å². The van der Waals surface area contributed by atoms with Crippen LogP contribution in [-0.2, 0) is 29.8 Å². The average Bonchev–Trinajstić information content (AvgIpc) is 3.39. The van der Waals surface area contributed by atoms with Gasteiger partial charge in [-0.1, -0.05) is 59.6 Å². The van der Waals surface area contributed by atoms with Crippen molar-refractivity contribution in [2.24, 2.45) is 0 Å². The molecule has 14 heteroatoms. The number of hydrogen-bond donors (Lipinski definition) is 1. The van der Waals surface area contributed by atoms with Crippen molar-refractivity contribution < 1.29 is 67.4 Å². The van der Waals surface area contributed by atoms with Crippen molar-refractivity contribution >= 4 is 25.4 Å². The van der Waals surface area contributed by atoms with E-state index in [-0.39, 0.29) is 65.5 Å². The Labute approximate surface area is 262 Å². The molecule has 0 bridgehead atoms. The van der Waals surface area contributed by atoms with Crippen LogP contribution < -0.4 is 49.9 Å². The van der Waals surface area contributed by atoms with Crippen LogP contribution in [0.15, 0.2) is 60.9 Å². The fraction of sp³-hybridized carbons (Fsp3) is 0.444. The number of rotatable bonds is 10. The van der Waals surface area contributed by atoms with Gasteiger partial charge in [0, 0.05) is 5.88 Å². The van der Waals surface area contributed by atoms with Crippen LogP contribution in [0, 0.1) is 0 Å². The molecule has 2 N–H and O–H groups in total. The first-order valence-electron chi connectivity index (χ1n) is 13.0. The minimum absolute atomic E-state index is 0. The van der Waals surface area contributed by atoms with Gasteiger partial charge in [-0.2, -0.15) is 0 Å². The molecule has 3 aromatic rings. The molecule has 1 aliphatic rings. The molecule has 2 aromatic heterocycles. The van der Waals surface area contributed by atoms with E-state index in [0.29, 0.717) is 6.54 Å². The zero-order valence-corrected chi connectivity index (χ0v) is 26.7. The maximum absolute atomic E-state index is 13.1. The molecule has 0 aliphatic carbocycles. The molecule has 1 aromatic carbocycles. The Morgan fingerprint density at radius 1 is 1.02 bits per heavy atom. The van der Waals surface area contributed by atoms with Crippen LogP contribution in [0.3, 0.4) is 0 Å². The summed E-state index contributed by atoms with van der Waals surface area (Å²) < 4.78 is 38.3. The van der Waals surface area contributed by atoms with Gasteiger partial charge in [-0.25, -0.2) is 9.55 Å². The summed E-state index contributed by atoms with van der Waals surface area (Å²) in [6.45, 7) is 7.54. The molecule has 0 spiro atoms. The Kier molecular flexibility index (Phi) is 12.4. The van der Waals surface area contributed by atoms with Gasteiger partial charge in [-0.15, -0.1) is 4.52 Å². The summed E-state index contributed by atoms with van der Waals surface area (Å²) in [4.78, 5) is 19.5. The van der Waals surface area contributed by atoms with Crippen LogP contribution in [0.1, 0.15) is 39.5 Å². The van der Waals surface area contributed by atoms with Crippen molar-refractivity contribution in [3.63, 3.8) is 0 Å². The van der Waals surface area contributed by atoms with Crippen LogP contribution in [0.2, 0.25) is 0 Å². The quantitative estimate of drug-likeness (QED) is 0.176. The van der Waals surface area contributed by atoms with Crippen molar-refractivity contribution in [1.29, 1.82) is 0 Å². The largest absolute Gasteiger partial charge is 1.00 e. The van der Waals surface area contributed by atoms with E-state index in [4.69, 9.17) is 24.5 Å².